The molecule has 0 aliphatic carbocycles. The van der Waals surface area contributed by atoms with Crippen LogP contribution in [0.25, 0.3) is 5.69 Å². The van der Waals surface area contributed by atoms with E-state index in [0.29, 0.717) is 11.3 Å². The normalized spacial score (nSPS) is 10.3. The third-order valence-electron chi connectivity index (χ3n) is 3.59. The Bertz CT molecular complexity index is 899. The highest BCUT2D eigenvalue weighted by Gasteiger charge is 2.11. The van der Waals surface area contributed by atoms with Crippen LogP contribution in [0.3, 0.4) is 0 Å². The number of aromatic nitrogens is 2. The zero-order chi connectivity index (χ0) is 17.8. The van der Waals surface area contributed by atoms with Crippen molar-refractivity contribution in [1.29, 1.82) is 0 Å². The van der Waals surface area contributed by atoms with Crippen LogP contribution in [-0.2, 0) is 0 Å². The molecule has 0 spiro atoms. The number of nitrogens with one attached hydrogen (secondary N) is 1. The van der Waals surface area contributed by atoms with Crippen LogP contribution >= 0.6 is 0 Å². The number of benzene rings is 2. The van der Waals surface area contributed by atoms with Crippen LogP contribution in [0.15, 0.2) is 60.8 Å². The van der Waals surface area contributed by atoms with Crippen molar-refractivity contribution < 1.29 is 14.3 Å². The maximum Gasteiger partial charge on any atom is 0.276 e. The third-order valence-corrected chi connectivity index (χ3v) is 3.59. The van der Waals surface area contributed by atoms with E-state index >= 15 is 0 Å². The summed E-state index contributed by atoms with van der Waals surface area (Å²) in [5.41, 5.74) is 7.20. The molecule has 0 unspecified atom stereocenters. The number of nitrogens with two attached hydrogens (primary N) is 1. The fraction of sp³-hybridized carbons (Fsp3) is 0.0556. The lowest BCUT2D eigenvalue weighted by Crippen LogP contribution is -2.14. The Balaban J connectivity index is 1.72. The monoisotopic (exact) mass is 336 g/mol. The van der Waals surface area contributed by atoms with E-state index < -0.39 is 5.91 Å². The summed E-state index contributed by atoms with van der Waals surface area (Å²) in [6, 6.07) is 15.3. The minimum absolute atomic E-state index is 0.273. The Morgan fingerprint density at radius 2 is 1.72 bits per heavy atom. The second-order valence-electron chi connectivity index (χ2n) is 5.24. The lowest BCUT2D eigenvalue weighted by atomic mass is 10.2. The van der Waals surface area contributed by atoms with E-state index in [1.165, 1.54) is 0 Å². The molecule has 25 heavy (non-hydrogen) atoms. The smallest absolute Gasteiger partial charge is 0.276 e. The van der Waals surface area contributed by atoms with Crippen molar-refractivity contribution >= 4 is 17.5 Å². The average Bonchev–Trinajstić information content (AvgIpc) is 3.12. The standard InChI is InChI=1S/C18H16N4O3/c1-25-15-8-6-14(7-9-15)22-11-10-16(21-22)18(24)20-13-4-2-12(3-5-13)17(19)23/h2-11H,1H3,(H2,19,23)(H,20,24). The van der Waals surface area contributed by atoms with Gasteiger partial charge in [-0.2, -0.15) is 5.10 Å². The summed E-state index contributed by atoms with van der Waals surface area (Å²) in [6.45, 7) is 0. The predicted molar refractivity (Wildman–Crippen MR) is 93.0 cm³/mol. The predicted octanol–water partition coefficient (Wildman–Crippen LogP) is 2.23. The molecule has 1 aromatic heterocycles. The Kier molecular flexibility index (Phi) is 4.47. The van der Waals surface area contributed by atoms with Crippen LogP contribution in [0.4, 0.5) is 5.69 Å². The zero-order valence-electron chi connectivity index (χ0n) is 13.5. The van der Waals surface area contributed by atoms with Crippen LogP contribution in [0.5, 0.6) is 5.75 Å². The number of nitrogens with zero attached hydrogens (tertiary/aromatic N) is 2. The van der Waals surface area contributed by atoms with Crippen LogP contribution in [0.2, 0.25) is 0 Å². The number of primary amides is 1. The minimum atomic E-state index is -0.517. The molecule has 0 bridgehead atoms. The lowest BCUT2D eigenvalue weighted by Gasteiger charge is -2.05. The topological polar surface area (TPSA) is 99.2 Å². The van der Waals surface area contributed by atoms with E-state index in [1.807, 2.05) is 24.3 Å². The first kappa shape index (κ1) is 16.3. The lowest BCUT2D eigenvalue weighted by molar-refractivity contribution is 0.0997. The molecule has 3 rings (SSSR count). The van der Waals surface area contributed by atoms with E-state index in [9.17, 15) is 9.59 Å². The highest BCUT2D eigenvalue weighted by atomic mass is 16.5. The second kappa shape index (κ2) is 6.88. The molecule has 0 aliphatic heterocycles. The van der Waals surface area contributed by atoms with E-state index in [-0.39, 0.29) is 11.6 Å². The van der Waals surface area contributed by atoms with Gasteiger partial charge in [0.05, 0.1) is 12.8 Å². The van der Waals surface area contributed by atoms with Crippen LogP contribution in [0, 0.1) is 0 Å². The Morgan fingerprint density at radius 3 is 2.32 bits per heavy atom. The highest BCUT2D eigenvalue weighted by molar-refractivity contribution is 6.03. The van der Waals surface area contributed by atoms with Gasteiger partial charge >= 0.3 is 0 Å². The quantitative estimate of drug-likeness (QED) is 0.746. The molecule has 2 aromatic carbocycles. The van der Waals surface area contributed by atoms with Gasteiger partial charge in [-0.1, -0.05) is 0 Å². The molecular formula is C18H16N4O3. The Labute approximate surface area is 144 Å². The first-order chi connectivity index (χ1) is 12.1. The number of hydrogen-bond donors (Lipinski definition) is 2. The third kappa shape index (κ3) is 3.66. The van der Waals surface area contributed by atoms with Crippen LogP contribution in [0.1, 0.15) is 20.8 Å². The number of methoxy groups -OCH3 is 1. The number of rotatable bonds is 5. The Morgan fingerprint density at radius 1 is 1.04 bits per heavy atom. The molecule has 0 saturated heterocycles. The summed E-state index contributed by atoms with van der Waals surface area (Å²) in [7, 11) is 1.60. The number of carbonyl (C=O) groups excluding carboxylic acids is 2. The highest BCUT2D eigenvalue weighted by Crippen LogP contribution is 2.15. The van der Waals surface area contributed by atoms with E-state index in [2.05, 4.69) is 10.4 Å². The molecule has 126 valence electrons. The summed E-state index contributed by atoms with van der Waals surface area (Å²) < 4.78 is 6.72. The molecule has 3 N–H and O–H groups in total. The van der Waals surface area contributed by atoms with E-state index in [0.717, 1.165) is 11.4 Å². The molecule has 0 atom stereocenters. The van der Waals surface area contributed by atoms with Crippen LogP contribution in [-0.4, -0.2) is 28.7 Å². The molecule has 0 aliphatic rings. The fourth-order valence-electron chi connectivity index (χ4n) is 2.24. The summed E-state index contributed by atoms with van der Waals surface area (Å²) in [4.78, 5) is 23.3. The van der Waals surface area contributed by atoms with Gasteiger partial charge < -0.3 is 15.8 Å². The van der Waals surface area contributed by atoms with E-state index in [1.54, 1.807) is 48.3 Å². The zero-order valence-corrected chi connectivity index (χ0v) is 13.5. The first-order valence-corrected chi connectivity index (χ1v) is 7.48. The van der Waals surface area contributed by atoms with Gasteiger partial charge in [-0.25, -0.2) is 4.68 Å². The van der Waals surface area contributed by atoms with Gasteiger partial charge in [-0.3, -0.25) is 9.59 Å². The van der Waals surface area contributed by atoms with Gasteiger partial charge in [0.1, 0.15) is 5.75 Å². The van der Waals surface area contributed by atoms with Crippen LogP contribution < -0.4 is 15.8 Å². The molecule has 2 amide bonds. The van der Waals surface area contributed by atoms with Crippen molar-refractivity contribution in [2.24, 2.45) is 5.73 Å². The molecule has 3 aromatic rings. The first-order valence-electron chi connectivity index (χ1n) is 7.48. The van der Waals surface area contributed by atoms with Crippen molar-refractivity contribution in [3.63, 3.8) is 0 Å². The number of carbonyl (C=O) groups is 2. The SMILES string of the molecule is COc1ccc(-n2ccc(C(=O)Nc3ccc(C(N)=O)cc3)n2)cc1. The molecule has 1 heterocycles. The van der Waals surface area contributed by atoms with Crippen molar-refractivity contribution in [3.8, 4) is 11.4 Å². The number of anilines is 1. The van der Waals surface area contributed by atoms with Crippen molar-refractivity contribution in [1.82, 2.24) is 9.78 Å². The minimum Gasteiger partial charge on any atom is -0.497 e. The Hall–Kier alpha value is -3.61. The molecule has 0 radical (unpaired) electrons. The van der Waals surface area contributed by atoms with Gasteiger partial charge in [0.2, 0.25) is 5.91 Å². The maximum absolute atomic E-state index is 12.3. The second-order valence-corrected chi connectivity index (χ2v) is 5.24. The molecule has 0 fully saturated rings. The number of amides is 2. The van der Waals surface area contributed by atoms with Gasteiger partial charge in [0.15, 0.2) is 5.69 Å². The van der Waals surface area contributed by atoms with Gasteiger partial charge in [0.25, 0.3) is 5.91 Å². The molecule has 7 nitrogen and oxygen atoms in total. The summed E-state index contributed by atoms with van der Waals surface area (Å²) >= 11 is 0. The maximum atomic E-state index is 12.3. The largest absolute Gasteiger partial charge is 0.497 e. The van der Waals surface area contributed by atoms with Crippen molar-refractivity contribution in [3.05, 3.63) is 72.1 Å². The number of hydrogen-bond acceptors (Lipinski definition) is 4. The summed E-state index contributed by atoms with van der Waals surface area (Å²) in [5.74, 6) is -0.122. The van der Waals surface area contributed by atoms with Gasteiger partial charge in [-0.15, -0.1) is 0 Å². The summed E-state index contributed by atoms with van der Waals surface area (Å²) in [6.07, 6.45) is 1.70. The van der Waals surface area contributed by atoms with Crippen molar-refractivity contribution in [2.45, 2.75) is 0 Å². The molecule has 7 heteroatoms. The average molecular weight is 336 g/mol. The van der Waals surface area contributed by atoms with Gasteiger partial charge in [0, 0.05) is 17.4 Å². The van der Waals surface area contributed by atoms with Crippen molar-refractivity contribution in [2.75, 3.05) is 12.4 Å². The molecular weight excluding hydrogens is 320 g/mol. The van der Waals surface area contributed by atoms with E-state index in [4.69, 9.17) is 10.5 Å². The molecule has 0 saturated carbocycles. The van der Waals surface area contributed by atoms with Gasteiger partial charge in [-0.05, 0) is 54.6 Å². The summed E-state index contributed by atoms with van der Waals surface area (Å²) in [5, 5.41) is 6.99. The fourth-order valence-corrected chi connectivity index (χ4v) is 2.24. The number of ether oxygens (including phenoxy) is 1.